The minimum Gasteiger partial charge on any atom is -0.444 e. The Morgan fingerprint density at radius 3 is 2.55 bits per heavy atom. The summed E-state index contributed by atoms with van der Waals surface area (Å²) < 4.78 is 5.68. The third-order valence-corrected chi connectivity index (χ3v) is 5.39. The maximum absolute atomic E-state index is 13.1. The number of halogens is 1. The van der Waals surface area contributed by atoms with Gasteiger partial charge in [0, 0.05) is 16.8 Å². The number of carbonyl (C=O) groups excluding carboxylic acids is 1. The van der Waals surface area contributed by atoms with Crippen molar-refractivity contribution in [1.29, 1.82) is 0 Å². The summed E-state index contributed by atoms with van der Waals surface area (Å²) in [6.07, 6.45) is 0.913. The molecule has 2 aromatic rings. The molecule has 0 aliphatic carbocycles. The van der Waals surface area contributed by atoms with Crippen LogP contribution >= 0.6 is 11.6 Å². The first-order chi connectivity index (χ1) is 13.6. The number of likely N-dealkylation sites (tertiary alicyclic amines) is 1. The molecule has 5 nitrogen and oxygen atoms in total. The Morgan fingerprint density at radius 2 is 1.93 bits per heavy atom. The number of amides is 1. The summed E-state index contributed by atoms with van der Waals surface area (Å²) in [4.78, 5) is 14.8. The van der Waals surface area contributed by atoms with Crippen molar-refractivity contribution < 1.29 is 14.6 Å². The molecule has 0 spiro atoms. The van der Waals surface area contributed by atoms with E-state index in [0.29, 0.717) is 29.1 Å². The molecule has 6 heteroatoms. The molecule has 1 saturated heterocycles. The molecule has 3 atom stereocenters. The summed E-state index contributed by atoms with van der Waals surface area (Å²) in [7, 11) is 0. The SMILES string of the molecule is CC(C)(C)OC(=O)N1[C@H](Cc2ccc(N)cc2)CC[C@@H]1C(O)c1cccc(Cl)c1. The molecule has 0 aromatic heterocycles. The standard InChI is InChI=1S/C23H29ClN2O3/c1-23(2,3)29-22(28)26-19(13-15-7-9-18(25)10-8-15)11-12-20(26)21(27)16-5-4-6-17(24)14-16/h4-10,14,19-21,27H,11-13,25H2,1-3H3/t19-,20+,21?/m0/s1. The highest BCUT2D eigenvalue weighted by Gasteiger charge is 2.42. The van der Waals surface area contributed by atoms with Gasteiger partial charge in [0.25, 0.3) is 0 Å². The van der Waals surface area contributed by atoms with Crippen molar-refractivity contribution in [3.8, 4) is 0 Å². The smallest absolute Gasteiger partial charge is 0.410 e. The lowest BCUT2D eigenvalue weighted by molar-refractivity contribution is -0.00452. The number of hydrogen-bond donors (Lipinski definition) is 2. The van der Waals surface area contributed by atoms with Crippen LogP contribution in [0.25, 0.3) is 0 Å². The first kappa shape index (κ1) is 21.5. The van der Waals surface area contributed by atoms with E-state index in [9.17, 15) is 9.90 Å². The van der Waals surface area contributed by atoms with Crippen molar-refractivity contribution in [2.24, 2.45) is 0 Å². The molecule has 1 fully saturated rings. The highest BCUT2D eigenvalue weighted by atomic mass is 35.5. The Morgan fingerprint density at radius 1 is 1.24 bits per heavy atom. The lowest BCUT2D eigenvalue weighted by Gasteiger charge is -2.35. The molecule has 1 aliphatic heterocycles. The average molecular weight is 417 g/mol. The number of hydrogen-bond acceptors (Lipinski definition) is 4. The summed E-state index contributed by atoms with van der Waals surface area (Å²) in [5, 5.41) is 11.6. The van der Waals surface area contributed by atoms with E-state index in [1.807, 2.05) is 51.1 Å². The number of aliphatic hydroxyl groups excluding tert-OH is 1. The van der Waals surface area contributed by atoms with Crippen LogP contribution in [-0.2, 0) is 11.2 Å². The molecule has 3 rings (SSSR count). The largest absolute Gasteiger partial charge is 0.444 e. The van der Waals surface area contributed by atoms with E-state index in [1.165, 1.54) is 0 Å². The summed E-state index contributed by atoms with van der Waals surface area (Å²) in [5.41, 5.74) is 7.67. The minimum absolute atomic E-state index is 0.0627. The summed E-state index contributed by atoms with van der Waals surface area (Å²) in [6, 6.07) is 14.4. The van der Waals surface area contributed by atoms with E-state index in [-0.39, 0.29) is 12.1 Å². The minimum atomic E-state index is -0.836. The summed E-state index contributed by atoms with van der Waals surface area (Å²) in [5.74, 6) is 0. The molecule has 0 bridgehead atoms. The first-order valence-corrected chi connectivity index (χ1v) is 10.3. The third-order valence-electron chi connectivity index (χ3n) is 5.16. The number of nitrogens with zero attached hydrogens (tertiary/aromatic N) is 1. The van der Waals surface area contributed by atoms with Crippen LogP contribution in [0.3, 0.4) is 0 Å². The zero-order valence-corrected chi connectivity index (χ0v) is 17.9. The average Bonchev–Trinajstić information content (AvgIpc) is 3.05. The zero-order chi connectivity index (χ0) is 21.2. The van der Waals surface area contributed by atoms with E-state index >= 15 is 0 Å². The summed E-state index contributed by atoms with van der Waals surface area (Å²) in [6.45, 7) is 5.54. The number of benzene rings is 2. The van der Waals surface area contributed by atoms with Crippen molar-refractivity contribution >= 4 is 23.4 Å². The van der Waals surface area contributed by atoms with E-state index < -0.39 is 17.8 Å². The number of anilines is 1. The highest BCUT2D eigenvalue weighted by molar-refractivity contribution is 6.30. The van der Waals surface area contributed by atoms with E-state index in [4.69, 9.17) is 22.1 Å². The van der Waals surface area contributed by atoms with Gasteiger partial charge in [-0.3, -0.25) is 4.90 Å². The predicted octanol–water partition coefficient (Wildman–Crippen LogP) is 4.97. The van der Waals surface area contributed by atoms with Crippen molar-refractivity contribution in [1.82, 2.24) is 4.90 Å². The number of nitrogens with two attached hydrogens (primary N) is 1. The fourth-order valence-corrected chi connectivity index (χ4v) is 4.06. The molecule has 0 saturated carbocycles. The van der Waals surface area contributed by atoms with Crippen molar-refractivity contribution in [2.45, 2.75) is 63.8 Å². The number of rotatable bonds is 4. The van der Waals surface area contributed by atoms with Crippen molar-refractivity contribution in [3.05, 3.63) is 64.7 Å². The van der Waals surface area contributed by atoms with E-state index in [1.54, 1.807) is 23.1 Å². The maximum Gasteiger partial charge on any atom is 0.410 e. The topological polar surface area (TPSA) is 75.8 Å². The molecular weight excluding hydrogens is 388 g/mol. The van der Waals surface area contributed by atoms with Crippen LogP contribution in [0.5, 0.6) is 0 Å². The fraction of sp³-hybridized carbons (Fsp3) is 0.435. The normalized spacial score (nSPS) is 20.5. The Bertz CT molecular complexity index is 848. The van der Waals surface area contributed by atoms with Gasteiger partial charge in [-0.1, -0.05) is 35.9 Å². The molecule has 29 heavy (non-hydrogen) atoms. The first-order valence-electron chi connectivity index (χ1n) is 9.93. The fourth-order valence-electron chi connectivity index (χ4n) is 3.86. The Labute approximate surface area is 177 Å². The van der Waals surface area contributed by atoms with Gasteiger partial charge in [-0.2, -0.15) is 0 Å². The Balaban J connectivity index is 1.86. The summed E-state index contributed by atoms with van der Waals surface area (Å²) >= 11 is 6.10. The molecule has 0 radical (unpaired) electrons. The van der Waals surface area contributed by atoms with Crippen molar-refractivity contribution in [3.63, 3.8) is 0 Å². The number of nitrogen functional groups attached to an aromatic ring is 1. The van der Waals surface area contributed by atoms with Crippen LogP contribution in [0.1, 0.15) is 50.8 Å². The molecule has 2 aromatic carbocycles. The second kappa shape index (κ2) is 8.64. The number of ether oxygens (including phenoxy) is 1. The van der Waals surface area contributed by atoms with Crippen LogP contribution in [0.15, 0.2) is 48.5 Å². The predicted molar refractivity (Wildman–Crippen MR) is 116 cm³/mol. The van der Waals surface area contributed by atoms with E-state index in [0.717, 1.165) is 12.0 Å². The van der Waals surface area contributed by atoms with Gasteiger partial charge < -0.3 is 15.6 Å². The van der Waals surface area contributed by atoms with Crippen LogP contribution in [0.2, 0.25) is 5.02 Å². The lowest BCUT2D eigenvalue weighted by atomic mass is 10.0. The van der Waals surface area contributed by atoms with Gasteiger partial charge in [0.15, 0.2) is 0 Å². The molecule has 1 aliphatic rings. The van der Waals surface area contributed by atoms with Crippen molar-refractivity contribution in [2.75, 3.05) is 5.73 Å². The van der Waals surface area contributed by atoms with Gasteiger partial charge in [-0.25, -0.2) is 4.79 Å². The zero-order valence-electron chi connectivity index (χ0n) is 17.1. The van der Waals surface area contributed by atoms with Gasteiger partial charge in [0.05, 0.1) is 12.1 Å². The molecule has 3 N–H and O–H groups in total. The van der Waals surface area contributed by atoms with Gasteiger partial charge in [-0.05, 0) is 75.4 Å². The molecule has 1 heterocycles. The van der Waals surface area contributed by atoms with E-state index in [2.05, 4.69) is 0 Å². The van der Waals surface area contributed by atoms with Crippen LogP contribution in [0.4, 0.5) is 10.5 Å². The van der Waals surface area contributed by atoms with Crippen LogP contribution in [0, 0.1) is 0 Å². The second-order valence-electron chi connectivity index (χ2n) is 8.63. The molecular formula is C23H29ClN2O3. The highest BCUT2D eigenvalue weighted by Crippen LogP contribution is 2.36. The third kappa shape index (κ3) is 5.43. The molecule has 156 valence electrons. The van der Waals surface area contributed by atoms with Gasteiger partial charge in [-0.15, -0.1) is 0 Å². The van der Waals surface area contributed by atoms with Gasteiger partial charge in [0.1, 0.15) is 5.60 Å². The molecule has 1 amide bonds. The number of aliphatic hydroxyl groups is 1. The molecule has 1 unspecified atom stereocenters. The van der Waals surface area contributed by atoms with Gasteiger partial charge in [0.2, 0.25) is 0 Å². The lowest BCUT2D eigenvalue weighted by Crippen LogP contribution is -2.47. The Hall–Kier alpha value is -2.24. The Kier molecular flexibility index (Phi) is 6.39. The maximum atomic E-state index is 13.1. The number of carbonyl (C=O) groups is 1. The van der Waals surface area contributed by atoms with Crippen LogP contribution in [-0.4, -0.2) is 33.8 Å². The quantitative estimate of drug-likeness (QED) is 0.690. The van der Waals surface area contributed by atoms with Crippen LogP contribution < -0.4 is 5.73 Å². The second-order valence-corrected chi connectivity index (χ2v) is 9.07. The monoisotopic (exact) mass is 416 g/mol. The van der Waals surface area contributed by atoms with Gasteiger partial charge >= 0.3 is 6.09 Å².